The van der Waals surface area contributed by atoms with Crippen LogP contribution in [0.5, 0.6) is 0 Å². The van der Waals surface area contributed by atoms with Crippen LogP contribution < -0.4 is 5.32 Å². The number of nitrogens with one attached hydrogen (secondary N) is 1. The maximum Gasteiger partial charge on any atom is 0.224 e. The summed E-state index contributed by atoms with van der Waals surface area (Å²) in [6.45, 7) is 6.72. The van der Waals surface area contributed by atoms with Gasteiger partial charge in [0.2, 0.25) is 5.91 Å². The highest BCUT2D eigenvalue weighted by atomic mass is 16.5. The largest absolute Gasteiger partial charge is 0.378 e. The highest BCUT2D eigenvalue weighted by Crippen LogP contribution is 2.08. The molecule has 0 bridgehead atoms. The van der Waals surface area contributed by atoms with Crippen LogP contribution in [0, 0.1) is 0 Å². The zero-order valence-electron chi connectivity index (χ0n) is 14.2. The summed E-state index contributed by atoms with van der Waals surface area (Å²) in [7, 11) is 0. The van der Waals surface area contributed by atoms with Gasteiger partial charge in [-0.1, -0.05) is 42.5 Å². The number of rotatable bonds is 5. The first-order chi connectivity index (χ1) is 11.8. The van der Waals surface area contributed by atoms with E-state index in [4.69, 9.17) is 4.74 Å². The van der Waals surface area contributed by atoms with Crippen molar-refractivity contribution >= 4 is 12.0 Å². The molecule has 24 heavy (non-hydrogen) atoms. The molecule has 1 aromatic carbocycles. The molecule has 2 saturated heterocycles. The van der Waals surface area contributed by atoms with E-state index in [1.54, 1.807) is 0 Å². The zero-order valence-corrected chi connectivity index (χ0v) is 14.2. The summed E-state index contributed by atoms with van der Waals surface area (Å²) in [5.41, 5.74) is 1.23. The quantitative estimate of drug-likeness (QED) is 0.882. The Hall–Kier alpha value is -1.69. The molecule has 0 aliphatic carbocycles. The van der Waals surface area contributed by atoms with E-state index >= 15 is 0 Å². The Kier molecular flexibility index (Phi) is 6.41. The summed E-state index contributed by atoms with van der Waals surface area (Å²) >= 11 is 0. The van der Waals surface area contributed by atoms with Crippen molar-refractivity contribution in [1.82, 2.24) is 15.1 Å². The lowest BCUT2D eigenvalue weighted by Gasteiger charge is -2.35. The fraction of sp³-hybridized carbons (Fsp3) is 0.526. The van der Waals surface area contributed by atoms with Gasteiger partial charge in [-0.15, -0.1) is 0 Å². The molecule has 130 valence electrons. The molecule has 0 radical (unpaired) electrons. The van der Waals surface area contributed by atoms with E-state index in [-0.39, 0.29) is 11.9 Å². The van der Waals surface area contributed by atoms with Crippen LogP contribution in [0.3, 0.4) is 0 Å². The summed E-state index contributed by atoms with van der Waals surface area (Å²) in [4.78, 5) is 16.8. The second-order valence-corrected chi connectivity index (χ2v) is 6.42. The van der Waals surface area contributed by atoms with Crippen molar-refractivity contribution in [2.24, 2.45) is 0 Å². The predicted octanol–water partition coefficient (Wildman–Crippen LogP) is 1.22. The summed E-state index contributed by atoms with van der Waals surface area (Å²) in [6, 6.07) is 10.5. The fourth-order valence-corrected chi connectivity index (χ4v) is 3.17. The third kappa shape index (κ3) is 5.16. The monoisotopic (exact) mass is 329 g/mol. The van der Waals surface area contributed by atoms with Crippen molar-refractivity contribution in [1.29, 1.82) is 0 Å². The summed E-state index contributed by atoms with van der Waals surface area (Å²) in [5.74, 6) is 0.248. The normalized spacial score (nSPS) is 22.8. The molecule has 1 N–H and O–H groups in total. The summed E-state index contributed by atoms with van der Waals surface area (Å²) in [5, 5.41) is 3.35. The van der Waals surface area contributed by atoms with E-state index in [2.05, 4.69) is 46.6 Å². The molecule has 2 heterocycles. The number of morpholine rings is 1. The SMILES string of the molecule is O=C(C[C@@H]1COCCN1)N1CCN(C/C=C/c2ccccc2)CC1. The topological polar surface area (TPSA) is 44.8 Å². The lowest BCUT2D eigenvalue weighted by molar-refractivity contribution is -0.134. The molecule has 0 aromatic heterocycles. The molecule has 1 atom stereocenters. The Morgan fingerprint density at radius 2 is 2.00 bits per heavy atom. The molecular formula is C19H27N3O2. The molecule has 1 aromatic rings. The van der Waals surface area contributed by atoms with Gasteiger partial charge < -0.3 is 15.0 Å². The first-order valence-electron chi connectivity index (χ1n) is 8.84. The van der Waals surface area contributed by atoms with Gasteiger partial charge in [-0.05, 0) is 5.56 Å². The Morgan fingerprint density at radius 1 is 1.21 bits per heavy atom. The van der Waals surface area contributed by atoms with Crippen LogP contribution in [-0.2, 0) is 9.53 Å². The van der Waals surface area contributed by atoms with Crippen molar-refractivity contribution in [2.75, 3.05) is 52.5 Å². The lowest BCUT2D eigenvalue weighted by atomic mass is 10.1. The maximum absolute atomic E-state index is 12.4. The molecular weight excluding hydrogens is 302 g/mol. The van der Waals surface area contributed by atoms with Gasteiger partial charge in [-0.2, -0.15) is 0 Å². The average molecular weight is 329 g/mol. The standard InChI is InChI=1S/C19H27N3O2/c23-19(15-18-16-24-14-8-20-18)22-12-10-21(11-13-22)9-4-7-17-5-2-1-3-6-17/h1-7,18,20H,8-16H2/b7-4+/t18-/m1/s1. The van der Waals surface area contributed by atoms with Crippen molar-refractivity contribution in [3.8, 4) is 0 Å². The third-order valence-corrected chi connectivity index (χ3v) is 4.62. The van der Waals surface area contributed by atoms with Crippen molar-refractivity contribution in [3.63, 3.8) is 0 Å². The second kappa shape index (κ2) is 8.97. The Morgan fingerprint density at radius 3 is 2.71 bits per heavy atom. The molecule has 5 heteroatoms. The smallest absolute Gasteiger partial charge is 0.224 e. The number of carbonyl (C=O) groups excluding carboxylic acids is 1. The number of carbonyl (C=O) groups is 1. The minimum atomic E-state index is 0.179. The van der Waals surface area contributed by atoms with Gasteiger partial charge in [-0.25, -0.2) is 0 Å². The van der Waals surface area contributed by atoms with Gasteiger partial charge in [0.1, 0.15) is 0 Å². The van der Waals surface area contributed by atoms with E-state index in [1.165, 1.54) is 5.56 Å². The van der Waals surface area contributed by atoms with E-state index in [0.29, 0.717) is 13.0 Å². The van der Waals surface area contributed by atoms with Crippen molar-refractivity contribution in [2.45, 2.75) is 12.5 Å². The zero-order chi connectivity index (χ0) is 16.6. The van der Waals surface area contributed by atoms with Crippen LogP contribution in [0.2, 0.25) is 0 Å². The van der Waals surface area contributed by atoms with Gasteiger partial charge in [-0.3, -0.25) is 9.69 Å². The van der Waals surface area contributed by atoms with Crippen molar-refractivity contribution in [3.05, 3.63) is 42.0 Å². The van der Waals surface area contributed by atoms with Crippen molar-refractivity contribution < 1.29 is 9.53 Å². The van der Waals surface area contributed by atoms with Gasteiger partial charge in [0.15, 0.2) is 0 Å². The van der Waals surface area contributed by atoms with Crippen LogP contribution in [0.4, 0.5) is 0 Å². The van der Waals surface area contributed by atoms with Crippen LogP contribution in [0.1, 0.15) is 12.0 Å². The first-order valence-corrected chi connectivity index (χ1v) is 8.84. The number of amides is 1. The molecule has 0 spiro atoms. The predicted molar refractivity (Wildman–Crippen MR) is 95.7 cm³/mol. The summed E-state index contributed by atoms with van der Waals surface area (Å²) < 4.78 is 5.42. The number of benzene rings is 1. The van der Waals surface area contributed by atoms with Crippen LogP contribution >= 0.6 is 0 Å². The minimum absolute atomic E-state index is 0.179. The molecule has 2 aliphatic rings. The van der Waals surface area contributed by atoms with Crippen LogP contribution in [0.25, 0.3) is 6.08 Å². The van der Waals surface area contributed by atoms with Gasteiger partial charge in [0.05, 0.1) is 13.2 Å². The second-order valence-electron chi connectivity index (χ2n) is 6.42. The van der Waals surface area contributed by atoms with Gasteiger partial charge in [0, 0.05) is 51.7 Å². The van der Waals surface area contributed by atoms with Gasteiger partial charge in [0.25, 0.3) is 0 Å². The Labute approximate surface area is 144 Å². The highest BCUT2D eigenvalue weighted by Gasteiger charge is 2.24. The number of hydrogen-bond donors (Lipinski definition) is 1. The summed E-state index contributed by atoms with van der Waals surface area (Å²) in [6.07, 6.45) is 4.91. The van der Waals surface area contributed by atoms with E-state index < -0.39 is 0 Å². The molecule has 2 aliphatic heterocycles. The third-order valence-electron chi connectivity index (χ3n) is 4.62. The maximum atomic E-state index is 12.4. The van der Waals surface area contributed by atoms with Crippen LogP contribution in [0.15, 0.2) is 36.4 Å². The molecule has 0 unspecified atom stereocenters. The molecule has 1 amide bonds. The lowest BCUT2D eigenvalue weighted by Crippen LogP contribution is -2.51. The van der Waals surface area contributed by atoms with Crippen LogP contribution in [-0.4, -0.2) is 74.2 Å². The molecule has 5 nitrogen and oxygen atoms in total. The number of piperazine rings is 1. The Bertz CT molecular complexity index is 533. The molecule has 3 rings (SSSR count). The fourth-order valence-electron chi connectivity index (χ4n) is 3.17. The minimum Gasteiger partial charge on any atom is -0.378 e. The highest BCUT2D eigenvalue weighted by molar-refractivity contribution is 5.77. The number of hydrogen-bond acceptors (Lipinski definition) is 4. The number of nitrogens with zero attached hydrogens (tertiary/aromatic N) is 2. The van der Waals surface area contributed by atoms with E-state index in [0.717, 1.165) is 45.9 Å². The number of ether oxygens (including phenoxy) is 1. The van der Waals surface area contributed by atoms with E-state index in [1.807, 2.05) is 11.0 Å². The Balaban J connectivity index is 1.37. The van der Waals surface area contributed by atoms with Gasteiger partial charge >= 0.3 is 0 Å². The van der Waals surface area contributed by atoms with E-state index in [9.17, 15) is 4.79 Å². The first kappa shape index (κ1) is 17.1. The average Bonchev–Trinajstić information content (AvgIpc) is 2.64. The molecule has 2 fully saturated rings. The molecule has 0 saturated carbocycles.